The van der Waals surface area contributed by atoms with E-state index in [1.165, 1.54) is 0 Å². The number of thioether (sulfide) groups is 1. The molecule has 1 atom stereocenters. The second kappa shape index (κ2) is 10.6. The van der Waals surface area contributed by atoms with Crippen LogP contribution in [-0.4, -0.2) is 24.3 Å². The monoisotopic (exact) mass is 397 g/mol. The minimum Gasteiger partial charge on any atom is -0.481 e. The number of amides is 1. The molecule has 0 bridgehead atoms. The van der Waals surface area contributed by atoms with Crippen molar-refractivity contribution in [2.24, 2.45) is 0 Å². The molecule has 0 unspecified atom stereocenters. The average Bonchev–Trinajstić information content (AvgIpc) is 2.63. The standard InChI is InChI=1S/C19H21Cl2NO2S/c1-2-18(24-15-6-4-3-5-7-15)19(23)22-10-11-25-13-14-8-9-16(20)17(21)12-14/h3-9,12,18H,2,10-11,13H2,1H3,(H,22,23)/t18-/m1/s1. The van der Waals surface area contributed by atoms with Crippen molar-refractivity contribution >= 4 is 40.9 Å². The third-order valence-corrected chi connectivity index (χ3v) is 5.25. The van der Waals surface area contributed by atoms with E-state index in [1.54, 1.807) is 17.8 Å². The molecule has 2 rings (SSSR count). The highest BCUT2D eigenvalue weighted by atomic mass is 35.5. The summed E-state index contributed by atoms with van der Waals surface area (Å²) in [6.45, 7) is 2.53. The Balaban J connectivity index is 1.69. The lowest BCUT2D eigenvalue weighted by Crippen LogP contribution is -2.39. The number of hydrogen-bond acceptors (Lipinski definition) is 3. The number of rotatable bonds is 9. The molecular formula is C19H21Cl2NO2S. The van der Waals surface area contributed by atoms with E-state index in [9.17, 15) is 4.79 Å². The number of benzene rings is 2. The van der Waals surface area contributed by atoms with Crippen LogP contribution in [-0.2, 0) is 10.5 Å². The van der Waals surface area contributed by atoms with Gasteiger partial charge in [0.2, 0.25) is 0 Å². The molecule has 6 heteroatoms. The number of carbonyl (C=O) groups excluding carboxylic acids is 1. The minimum absolute atomic E-state index is 0.0820. The smallest absolute Gasteiger partial charge is 0.261 e. The van der Waals surface area contributed by atoms with Gasteiger partial charge in [0.25, 0.3) is 5.91 Å². The quantitative estimate of drug-likeness (QED) is 0.590. The van der Waals surface area contributed by atoms with Crippen molar-refractivity contribution in [1.82, 2.24) is 5.32 Å². The van der Waals surface area contributed by atoms with Gasteiger partial charge < -0.3 is 10.1 Å². The first-order valence-electron chi connectivity index (χ1n) is 8.11. The van der Waals surface area contributed by atoms with Gasteiger partial charge in [-0.2, -0.15) is 11.8 Å². The maximum absolute atomic E-state index is 12.2. The third kappa shape index (κ3) is 6.81. The van der Waals surface area contributed by atoms with Crippen molar-refractivity contribution in [3.05, 3.63) is 64.1 Å². The van der Waals surface area contributed by atoms with E-state index in [2.05, 4.69) is 5.32 Å². The Morgan fingerprint density at radius 2 is 1.92 bits per heavy atom. The van der Waals surface area contributed by atoms with E-state index in [1.807, 2.05) is 49.4 Å². The van der Waals surface area contributed by atoms with Gasteiger partial charge in [0.15, 0.2) is 6.10 Å². The molecule has 0 aliphatic carbocycles. The SMILES string of the molecule is CC[C@@H](Oc1ccccc1)C(=O)NCCSCc1ccc(Cl)c(Cl)c1. The van der Waals surface area contributed by atoms with Crippen LogP contribution in [0.2, 0.25) is 10.0 Å². The molecular weight excluding hydrogens is 377 g/mol. The Morgan fingerprint density at radius 1 is 1.16 bits per heavy atom. The normalized spacial score (nSPS) is 11.8. The summed E-state index contributed by atoms with van der Waals surface area (Å²) in [5.74, 6) is 2.26. The van der Waals surface area contributed by atoms with Gasteiger partial charge in [-0.15, -0.1) is 0 Å². The fourth-order valence-corrected chi connectivity index (χ4v) is 3.29. The molecule has 1 N–H and O–H groups in total. The third-order valence-electron chi connectivity index (χ3n) is 3.48. The van der Waals surface area contributed by atoms with Crippen molar-refractivity contribution in [1.29, 1.82) is 0 Å². The molecule has 0 radical (unpaired) electrons. The van der Waals surface area contributed by atoms with Gasteiger partial charge in [-0.25, -0.2) is 0 Å². The Morgan fingerprint density at radius 3 is 2.60 bits per heavy atom. The van der Waals surface area contributed by atoms with Crippen LogP contribution in [0.25, 0.3) is 0 Å². The highest BCUT2D eigenvalue weighted by molar-refractivity contribution is 7.98. The topological polar surface area (TPSA) is 38.3 Å². The molecule has 0 saturated heterocycles. The average molecular weight is 398 g/mol. The molecule has 0 saturated carbocycles. The number of para-hydroxylation sites is 1. The number of nitrogens with one attached hydrogen (secondary N) is 1. The van der Waals surface area contributed by atoms with E-state index in [0.29, 0.717) is 28.8 Å². The maximum atomic E-state index is 12.2. The summed E-state index contributed by atoms with van der Waals surface area (Å²) < 4.78 is 5.73. The highest BCUT2D eigenvalue weighted by Gasteiger charge is 2.17. The summed E-state index contributed by atoms with van der Waals surface area (Å²) in [6.07, 6.45) is 0.152. The second-order valence-corrected chi connectivity index (χ2v) is 7.34. The van der Waals surface area contributed by atoms with Gasteiger partial charge in [-0.3, -0.25) is 4.79 Å². The zero-order chi connectivity index (χ0) is 18.1. The lowest BCUT2D eigenvalue weighted by atomic mass is 10.2. The fraction of sp³-hybridized carbons (Fsp3) is 0.316. The molecule has 0 aromatic heterocycles. The predicted octanol–water partition coefficient (Wildman–Crippen LogP) is 5.20. The van der Waals surface area contributed by atoms with E-state index in [0.717, 1.165) is 17.1 Å². The van der Waals surface area contributed by atoms with Gasteiger partial charge in [-0.1, -0.05) is 54.4 Å². The van der Waals surface area contributed by atoms with E-state index in [4.69, 9.17) is 27.9 Å². The van der Waals surface area contributed by atoms with Crippen molar-refractivity contribution in [3.63, 3.8) is 0 Å². The first-order chi connectivity index (χ1) is 12.1. The van der Waals surface area contributed by atoms with E-state index < -0.39 is 6.10 Å². The fourth-order valence-electron chi connectivity index (χ4n) is 2.17. The lowest BCUT2D eigenvalue weighted by Gasteiger charge is -2.17. The van der Waals surface area contributed by atoms with E-state index in [-0.39, 0.29) is 5.91 Å². The van der Waals surface area contributed by atoms with Crippen LogP contribution in [0.1, 0.15) is 18.9 Å². The van der Waals surface area contributed by atoms with Crippen molar-refractivity contribution in [2.45, 2.75) is 25.2 Å². The molecule has 25 heavy (non-hydrogen) atoms. The van der Waals surface area contributed by atoms with Crippen LogP contribution in [0.4, 0.5) is 0 Å². The zero-order valence-electron chi connectivity index (χ0n) is 14.0. The molecule has 0 aliphatic heterocycles. The molecule has 0 spiro atoms. The van der Waals surface area contributed by atoms with Crippen molar-refractivity contribution in [3.8, 4) is 5.75 Å². The number of carbonyl (C=O) groups is 1. The largest absolute Gasteiger partial charge is 0.481 e. The Kier molecular flexibility index (Phi) is 8.45. The summed E-state index contributed by atoms with van der Waals surface area (Å²) in [4.78, 5) is 12.2. The molecule has 3 nitrogen and oxygen atoms in total. The molecule has 0 aliphatic rings. The number of halogens is 2. The predicted molar refractivity (Wildman–Crippen MR) is 107 cm³/mol. The summed E-state index contributed by atoms with van der Waals surface area (Å²) in [5, 5.41) is 4.06. The minimum atomic E-state index is -0.470. The molecule has 2 aromatic carbocycles. The summed E-state index contributed by atoms with van der Waals surface area (Å²) in [6, 6.07) is 15.0. The molecule has 0 heterocycles. The molecule has 134 valence electrons. The summed E-state index contributed by atoms with van der Waals surface area (Å²) in [7, 11) is 0. The van der Waals surface area contributed by atoms with Gasteiger partial charge in [0.1, 0.15) is 5.75 Å². The van der Waals surface area contributed by atoms with Crippen molar-refractivity contribution in [2.75, 3.05) is 12.3 Å². The van der Waals surface area contributed by atoms with Crippen LogP contribution >= 0.6 is 35.0 Å². The Labute approximate surface area is 163 Å². The van der Waals surface area contributed by atoms with Gasteiger partial charge >= 0.3 is 0 Å². The Bertz CT molecular complexity index is 682. The van der Waals surface area contributed by atoms with Gasteiger partial charge in [0, 0.05) is 18.1 Å². The highest BCUT2D eigenvalue weighted by Crippen LogP contribution is 2.24. The maximum Gasteiger partial charge on any atom is 0.261 e. The number of hydrogen-bond donors (Lipinski definition) is 1. The van der Waals surface area contributed by atoms with Gasteiger partial charge in [0.05, 0.1) is 10.0 Å². The van der Waals surface area contributed by atoms with Crippen LogP contribution in [0.3, 0.4) is 0 Å². The zero-order valence-corrected chi connectivity index (χ0v) is 16.3. The lowest BCUT2D eigenvalue weighted by molar-refractivity contribution is -0.127. The van der Waals surface area contributed by atoms with Gasteiger partial charge in [-0.05, 0) is 36.2 Å². The van der Waals surface area contributed by atoms with Crippen LogP contribution in [0.5, 0.6) is 5.75 Å². The number of ether oxygens (including phenoxy) is 1. The summed E-state index contributed by atoms with van der Waals surface area (Å²) in [5.41, 5.74) is 1.12. The second-order valence-electron chi connectivity index (χ2n) is 5.42. The van der Waals surface area contributed by atoms with Crippen LogP contribution < -0.4 is 10.1 Å². The van der Waals surface area contributed by atoms with Crippen molar-refractivity contribution < 1.29 is 9.53 Å². The van der Waals surface area contributed by atoms with E-state index >= 15 is 0 Å². The van der Waals surface area contributed by atoms with Crippen LogP contribution in [0.15, 0.2) is 48.5 Å². The molecule has 2 aromatic rings. The Hall–Kier alpha value is -1.36. The first-order valence-corrected chi connectivity index (χ1v) is 10.0. The molecule has 1 amide bonds. The molecule has 0 fully saturated rings. The van der Waals surface area contributed by atoms with Crippen LogP contribution in [0, 0.1) is 0 Å². The first kappa shape index (κ1) is 20.0. The summed E-state index contributed by atoms with van der Waals surface area (Å²) >= 11 is 13.6.